The molecule has 0 aliphatic carbocycles. The second-order valence-electron chi connectivity index (χ2n) is 4.58. The molecule has 0 saturated heterocycles. The van der Waals surface area contributed by atoms with Crippen molar-refractivity contribution in [1.82, 2.24) is 0 Å². The topological polar surface area (TPSA) is 29.1 Å². The van der Waals surface area contributed by atoms with E-state index in [4.69, 9.17) is 0 Å². The number of aryl methyl sites for hydroxylation is 1. The highest BCUT2D eigenvalue weighted by Crippen LogP contribution is 2.28. The maximum Gasteiger partial charge on any atom is 0.257 e. The Morgan fingerprint density at radius 2 is 2.00 bits per heavy atom. The minimum Gasteiger partial charge on any atom is -0.321 e. The van der Waals surface area contributed by atoms with Crippen LogP contribution in [0.5, 0.6) is 0 Å². The third kappa shape index (κ3) is 2.49. The van der Waals surface area contributed by atoms with Crippen LogP contribution in [0.4, 0.5) is 5.69 Å². The number of carbonyl (C=O) groups excluding carboxylic acids is 1. The molecule has 0 atom stereocenters. The van der Waals surface area contributed by atoms with Gasteiger partial charge in [-0.25, -0.2) is 0 Å². The van der Waals surface area contributed by atoms with Gasteiger partial charge >= 0.3 is 0 Å². The van der Waals surface area contributed by atoms with Crippen molar-refractivity contribution in [3.63, 3.8) is 0 Å². The van der Waals surface area contributed by atoms with E-state index in [1.807, 2.05) is 54.8 Å². The van der Waals surface area contributed by atoms with E-state index < -0.39 is 0 Å². The molecule has 1 aromatic heterocycles. The van der Waals surface area contributed by atoms with Gasteiger partial charge in [-0.05, 0) is 46.6 Å². The molecule has 2 aromatic carbocycles. The SMILES string of the molecule is Cc1ccc(Br)c(NC(=O)c2csc3ccccc23)c1. The lowest BCUT2D eigenvalue weighted by molar-refractivity contribution is 0.102. The van der Waals surface area contributed by atoms with E-state index in [1.165, 1.54) is 0 Å². The van der Waals surface area contributed by atoms with Gasteiger partial charge in [-0.2, -0.15) is 0 Å². The number of anilines is 1. The molecule has 0 bridgehead atoms. The fraction of sp³-hybridized carbons (Fsp3) is 0.0625. The molecular formula is C16H12BrNOS. The lowest BCUT2D eigenvalue weighted by Crippen LogP contribution is -2.11. The molecule has 3 aromatic rings. The van der Waals surface area contributed by atoms with Gasteiger partial charge in [-0.1, -0.05) is 24.3 Å². The highest BCUT2D eigenvalue weighted by molar-refractivity contribution is 9.10. The van der Waals surface area contributed by atoms with Gasteiger partial charge in [-0.3, -0.25) is 4.79 Å². The molecule has 2 nitrogen and oxygen atoms in total. The molecule has 20 heavy (non-hydrogen) atoms. The summed E-state index contributed by atoms with van der Waals surface area (Å²) in [7, 11) is 0. The van der Waals surface area contributed by atoms with E-state index >= 15 is 0 Å². The van der Waals surface area contributed by atoms with E-state index in [9.17, 15) is 4.79 Å². The van der Waals surface area contributed by atoms with Gasteiger partial charge in [0, 0.05) is 19.9 Å². The number of nitrogens with one attached hydrogen (secondary N) is 1. The van der Waals surface area contributed by atoms with Gasteiger partial charge in [0.2, 0.25) is 0 Å². The predicted molar refractivity (Wildman–Crippen MR) is 88.7 cm³/mol. The third-order valence-corrected chi connectivity index (χ3v) is 4.75. The summed E-state index contributed by atoms with van der Waals surface area (Å²) in [6.07, 6.45) is 0. The Labute approximate surface area is 129 Å². The van der Waals surface area contributed by atoms with Crippen LogP contribution in [0.3, 0.4) is 0 Å². The third-order valence-electron chi connectivity index (χ3n) is 3.10. The standard InChI is InChI=1S/C16H12BrNOS/c1-10-6-7-13(17)14(8-10)18-16(19)12-9-20-15-5-3-2-4-11(12)15/h2-9H,1H3,(H,18,19). The summed E-state index contributed by atoms with van der Waals surface area (Å²) in [5, 5.41) is 5.87. The van der Waals surface area contributed by atoms with E-state index in [0.717, 1.165) is 31.4 Å². The van der Waals surface area contributed by atoms with E-state index in [0.29, 0.717) is 0 Å². The maximum atomic E-state index is 12.4. The predicted octanol–water partition coefficient (Wildman–Crippen LogP) is 5.22. The largest absolute Gasteiger partial charge is 0.321 e. The molecule has 3 rings (SSSR count). The molecule has 0 unspecified atom stereocenters. The Kier molecular flexibility index (Phi) is 3.59. The van der Waals surface area contributed by atoms with Crippen molar-refractivity contribution in [1.29, 1.82) is 0 Å². The molecule has 0 saturated carbocycles. The Balaban J connectivity index is 1.95. The summed E-state index contributed by atoms with van der Waals surface area (Å²) in [5.41, 5.74) is 2.63. The summed E-state index contributed by atoms with van der Waals surface area (Å²) in [6.45, 7) is 2.00. The van der Waals surface area contributed by atoms with Crippen LogP contribution in [0, 0.1) is 6.92 Å². The lowest BCUT2D eigenvalue weighted by atomic mass is 10.1. The zero-order chi connectivity index (χ0) is 14.1. The molecule has 0 fully saturated rings. The molecule has 4 heteroatoms. The summed E-state index contributed by atoms with van der Waals surface area (Å²) in [6, 6.07) is 13.8. The van der Waals surface area contributed by atoms with Crippen molar-refractivity contribution in [2.75, 3.05) is 5.32 Å². The van der Waals surface area contributed by atoms with Gasteiger partial charge in [0.15, 0.2) is 0 Å². The summed E-state index contributed by atoms with van der Waals surface area (Å²) >= 11 is 5.05. The molecule has 0 aliphatic rings. The van der Waals surface area contributed by atoms with Gasteiger partial charge < -0.3 is 5.32 Å². The fourth-order valence-electron chi connectivity index (χ4n) is 2.08. The Bertz CT molecular complexity index is 794. The van der Waals surface area contributed by atoms with Crippen LogP contribution in [0.25, 0.3) is 10.1 Å². The van der Waals surface area contributed by atoms with Crippen LogP contribution in [-0.2, 0) is 0 Å². The number of hydrogen-bond donors (Lipinski definition) is 1. The minimum absolute atomic E-state index is 0.0752. The van der Waals surface area contributed by atoms with Crippen LogP contribution in [-0.4, -0.2) is 5.91 Å². The first-order chi connectivity index (χ1) is 9.65. The normalized spacial score (nSPS) is 10.7. The molecule has 0 radical (unpaired) electrons. The average molecular weight is 346 g/mol. The smallest absolute Gasteiger partial charge is 0.257 e. The summed E-state index contributed by atoms with van der Waals surface area (Å²) < 4.78 is 2.01. The molecule has 1 heterocycles. The van der Waals surface area contributed by atoms with Gasteiger partial charge in [0.25, 0.3) is 5.91 Å². The van der Waals surface area contributed by atoms with Crippen LogP contribution < -0.4 is 5.32 Å². The minimum atomic E-state index is -0.0752. The first kappa shape index (κ1) is 13.3. The van der Waals surface area contributed by atoms with Crippen molar-refractivity contribution in [2.45, 2.75) is 6.92 Å². The van der Waals surface area contributed by atoms with Crippen molar-refractivity contribution in [2.24, 2.45) is 0 Å². The van der Waals surface area contributed by atoms with Crippen LogP contribution in [0.15, 0.2) is 52.3 Å². The number of carbonyl (C=O) groups is 1. The highest BCUT2D eigenvalue weighted by Gasteiger charge is 2.13. The number of fused-ring (bicyclic) bond motifs is 1. The number of amides is 1. The first-order valence-corrected chi connectivity index (χ1v) is 7.86. The molecule has 0 aliphatic heterocycles. The molecular weight excluding hydrogens is 334 g/mol. The number of hydrogen-bond acceptors (Lipinski definition) is 2. The van der Waals surface area contributed by atoms with Gasteiger partial charge in [-0.15, -0.1) is 11.3 Å². The lowest BCUT2D eigenvalue weighted by Gasteiger charge is -2.08. The Hall–Kier alpha value is -1.65. The average Bonchev–Trinajstić information content (AvgIpc) is 2.87. The summed E-state index contributed by atoms with van der Waals surface area (Å²) in [4.78, 5) is 12.4. The van der Waals surface area contributed by atoms with E-state index in [-0.39, 0.29) is 5.91 Å². The maximum absolute atomic E-state index is 12.4. The Morgan fingerprint density at radius 1 is 1.20 bits per heavy atom. The van der Waals surface area contributed by atoms with Gasteiger partial charge in [0.05, 0.1) is 11.3 Å². The van der Waals surface area contributed by atoms with Crippen molar-refractivity contribution in [3.8, 4) is 0 Å². The highest BCUT2D eigenvalue weighted by atomic mass is 79.9. The Morgan fingerprint density at radius 3 is 2.85 bits per heavy atom. The second kappa shape index (κ2) is 5.38. The second-order valence-corrected chi connectivity index (χ2v) is 6.35. The van der Waals surface area contributed by atoms with Crippen molar-refractivity contribution >= 4 is 48.9 Å². The summed E-state index contributed by atoms with van der Waals surface area (Å²) in [5.74, 6) is -0.0752. The first-order valence-electron chi connectivity index (χ1n) is 6.19. The van der Waals surface area contributed by atoms with E-state index in [1.54, 1.807) is 11.3 Å². The quantitative estimate of drug-likeness (QED) is 0.677. The monoisotopic (exact) mass is 345 g/mol. The fourth-order valence-corrected chi connectivity index (χ4v) is 3.36. The van der Waals surface area contributed by atoms with Crippen LogP contribution in [0.2, 0.25) is 0 Å². The van der Waals surface area contributed by atoms with Gasteiger partial charge in [0.1, 0.15) is 0 Å². The molecule has 1 amide bonds. The zero-order valence-corrected chi connectivity index (χ0v) is 13.2. The number of benzene rings is 2. The van der Waals surface area contributed by atoms with Crippen molar-refractivity contribution in [3.05, 3.63) is 63.4 Å². The van der Waals surface area contributed by atoms with E-state index in [2.05, 4.69) is 21.2 Å². The molecule has 100 valence electrons. The van der Waals surface area contributed by atoms with Crippen molar-refractivity contribution < 1.29 is 4.79 Å². The van der Waals surface area contributed by atoms with Crippen LogP contribution in [0.1, 0.15) is 15.9 Å². The number of halogens is 1. The molecule has 1 N–H and O–H groups in total. The number of rotatable bonds is 2. The molecule has 0 spiro atoms. The number of thiophene rings is 1. The zero-order valence-electron chi connectivity index (χ0n) is 10.8. The van der Waals surface area contributed by atoms with Crippen LogP contribution >= 0.6 is 27.3 Å².